The summed E-state index contributed by atoms with van der Waals surface area (Å²) >= 11 is 0. The normalized spacial score (nSPS) is 27.6. The molecular weight excluding hydrogens is 268 g/mol. The third kappa shape index (κ3) is 4.99. The number of carbonyl (C=O) groups excluding carboxylic acids is 2. The zero-order valence-electron chi connectivity index (χ0n) is 13.1. The molecule has 2 atom stereocenters. The Kier molecular flexibility index (Phi) is 6.03. The predicted octanol–water partition coefficient (Wildman–Crippen LogP) is 1.70. The molecule has 5 nitrogen and oxygen atoms in total. The van der Waals surface area contributed by atoms with Gasteiger partial charge < -0.3 is 15.4 Å². The lowest BCUT2D eigenvalue weighted by molar-refractivity contribution is -0.141. The van der Waals surface area contributed by atoms with E-state index in [4.69, 9.17) is 10.5 Å². The van der Waals surface area contributed by atoms with Gasteiger partial charge in [-0.15, -0.1) is 0 Å². The first-order valence-electron chi connectivity index (χ1n) is 8.24. The molecule has 2 fully saturated rings. The SMILES string of the molecule is C[C@H]1CCCC[C@@H]1OCC(=O)N1CCC(CC(N)=O)CC1. The van der Waals surface area contributed by atoms with E-state index in [2.05, 4.69) is 6.92 Å². The van der Waals surface area contributed by atoms with Crippen LogP contribution in [0.3, 0.4) is 0 Å². The van der Waals surface area contributed by atoms with Crippen molar-refractivity contribution < 1.29 is 14.3 Å². The summed E-state index contributed by atoms with van der Waals surface area (Å²) in [6, 6.07) is 0. The van der Waals surface area contributed by atoms with Crippen molar-refractivity contribution in [2.75, 3.05) is 19.7 Å². The monoisotopic (exact) mass is 296 g/mol. The topological polar surface area (TPSA) is 72.6 Å². The summed E-state index contributed by atoms with van der Waals surface area (Å²) in [6.07, 6.45) is 7.20. The van der Waals surface area contributed by atoms with Gasteiger partial charge in [0.15, 0.2) is 0 Å². The van der Waals surface area contributed by atoms with Crippen LogP contribution in [0.25, 0.3) is 0 Å². The average molecular weight is 296 g/mol. The summed E-state index contributed by atoms with van der Waals surface area (Å²) in [5.74, 6) is 0.749. The summed E-state index contributed by atoms with van der Waals surface area (Å²) in [6.45, 7) is 3.86. The number of carbonyl (C=O) groups is 2. The van der Waals surface area contributed by atoms with Crippen LogP contribution in [0.15, 0.2) is 0 Å². The molecule has 2 amide bonds. The van der Waals surface area contributed by atoms with E-state index in [1.807, 2.05) is 4.90 Å². The first-order valence-corrected chi connectivity index (χ1v) is 8.24. The smallest absolute Gasteiger partial charge is 0.248 e. The van der Waals surface area contributed by atoms with E-state index >= 15 is 0 Å². The minimum atomic E-state index is -0.241. The molecule has 0 aromatic carbocycles. The van der Waals surface area contributed by atoms with Crippen LogP contribution in [0.5, 0.6) is 0 Å². The van der Waals surface area contributed by atoms with Crippen molar-refractivity contribution in [3.8, 4) is 0 Å². The van der Waals surface area contributed by atoms with Crippen molar-refractivity contribution in [2.45, 2.75) is 58.0 Å². The van der Waals surface area contributed by atoms with Crippen LogP contribution in [0.4, 0.5) is 0 Å². The highest BCUT2D eigenvalue weighted by Gasteiger charge is 2.26. The maximum Gasteiger partial charge on any atom is 0.248 e. The standard InChI is InChI=1S/C16H28N2O3/c1-12-4-2-3-5-14(12)21-11-16(20)18-8-6-13(7-9-18)10-15(17)19/h12-14H,2-11H2,1H3,(H2,17,19)/t12-,14-/m0/s1. The van der Waals surface area contributed by atoms with E-state index < -0.39 is 0 Å². The second-order valence-electron chi connectivity index (χ2n) is 6.61. The Morgan fingerprint density at radius 3 is 2.43 bits per heavy atom. The van der Waals surface area contributed by atoms with E-state index in [0.717, 1.165) is 32.4 Å². The molecule has 2 N–H and O–H groups in total. The lowest BCUT2D eigenvalue weighted by atomic mass is 9.88. The van der Waals surface area contributed by atoms with Gasteiger partial charge in [0.05, 0.1) is 6.10 Å². The highest BCUT2D eigenvalue weighted by atomic mass is 16.5. The highest BCUT2D eigenvalue weighted by molar-refractivity contribution is 5.77. The number of piperidine rings is 1. The van der Waals surface area contributed by atoms with Crippen molar-refractivity contribution in [3.63, 3.8) is 0 Å². The molecular formula is C16H28N2O3. The second-order valence-corrected chi connectivity index (χ2v) is 6.61. The van der Waals surface area contributed by atoms with Gasteiger partial charge in [-0.2, -0.15) is 0 Å². The second kappa shape index (κ2) is 7.78. The van der Waals surface area contributed by atoms with Crippen LogP contribution in [0.1, 0.15) is 51.9 Å². The summed E-state index contributed by atoms with van der Waals surface area (Å²) in [5, 5.41) is 0. The molecule has 0 aromatic heterocycles. The molecule has 120 valence electrons. The van der Waals surface area contributed by atoms with E-state index in [9.17, 15) is 9.59 Å². The molecule has 1 saturated carbocycles. The summed E-state index contributed by atoms with van der Waals surface area (Å²) < 4.78 is 5.84. The molecule has 1 aliphatic carbocycles. The van der Waals surface area contributed by atoms with Crippen LogP contribution in [-0.2, 0) is 14.3 Å². The van der Waals surface area contributed by atoms with E-state index in [0.29, 0.717) is 18.3 Å². The third-order valence-corrected chi connectivity index (χ3v) is 4.91. The maximum absolute atomic E-state index is 12.2. The molecule has 2 rings (SSSR count). The van der Waals surface area contributed by atoms with Crippen molar-refractivity contribution in [1.29, 1.82) is 0 Å². The Balaban J connectivity index is 1.68. The van der Waals surface area contributed by atoms with Gasteiger partial charge in [0.1, 0.15) is 6.61 Å². The first kappa shape index (κ1) is 16.3. The van der Waals surface area contributed by atoms with Gasteiger partial charge in [-0.25, -0.2) is 0 Å². The zero-order valence-corrected chi connectivity index (χ0v) is 13.1. The molecule has 0 aromatic rings. The summed E-state index contributed by atoms with van der Waals surface area (Å²) in [4.78, 5) is 25.0. The Morgan fingerprint density at radius 2 is 1.81 bits per heavy atom. The van der Waals surface area contributed by atoms with Gasteiger partial charge in [0.25, 0.3) is 0 Å². The van der Waals surface area contributed by atoms with Gasteiger partial charge in [-0.1, -0.05) is 19.8 Å². The minimum Gasteiger partial charge on any atom is -0.370 e. The number of amides is 2. The lowest BCUT2D eigenvalue weighted by Crippen LogP contribution is -2.42. The van der Waals surface area contributed by atoms with Crippen LogP contribution >= 0.6 is 0 Å². The number of ether oxygens (including phenoxy) is 1. The maximum atomic E-state index is 12.2. The molecule has 1 aliphatic heterocycles. The predicted molar refractivity (Wildman–Crippen MR) is 80.5 cm³/mol. The lowest BCUT2D eigenvalue weighted by Gasteiger charge is -2.33. The number of rotatable bonds is 5. The fourth-order valence-electron chi connectivity index (χ4n) is 3.47. The molecule has 0 bridgehead atoms. The average Bonchev–Trinajstić information content (AvgIpc) is 2.46. The van der Waals surface area contributed by atoms with Crippen LogP contribution in [0, 0.1) is 11.8 Å². The fourth-order valence-corrected chi connectivity index (χ4v) is 3.47. The number of primary amides is 1. The van der Waals surface area contributed by atoms with Gasteiger partial charge in [-0.3, -0.25) is 9.59 Å². The van der Waals surface area contributed by atoms with Gasteiger partial charge in [0, 0.05) is 19.5 Å². The molecule has 0 radical (unpaired) electrons. The third-order valence-electron chi connectivity index (χ3n) is 4.91. The van der Waals surface area contributed by atoms with Crippen molar-refractivity contribution in [3.05, 3.63) is 0 Å². The van der Waals surface area contributed by atoms with Crippen molar-refractivity contribution in [2.24, 2.45) is 17.6 Å². The number of likely N-dealkylation sites (tertiary alicyclic amines) is 1. The van der Waals surface area contributed by atoms with E-state index in [1.165, 1.54) is 19.3 Å². The number of nitrogens with two attached hydrogens (primary N) is 1. The van der Waals surface area contributed by atoms with Crippen molar-refractivity contribution >= 4 is 11.8 Å². The first-order chi connectivity index (χ1) is 10.1. The quantitative estimate of drug-likeness (QED) is 0.839. The number of nitrogens with zero attached hydrogens (tertiary/aromatic N) is 1. The Morgan fingerprint density at radius 1 is 1.14 bits per heavy atom. The van der Waals surface area contributed by atoms with Crippen LogP contribution < -0.4 is 5.73 Å². The Bertz CT molecular complexity index is 365. The molecule has 21 heavy (non-hydrogen) atoms. The van der Waals surface area contributed by atoms with Crippen molar-refractivity contribution in [1.82, 2.24) is 4.90 Å². The zero-order chi connectivity index (χ0) is 15.2. The van der Waals surface area contributed by atoms with Crippen LogP contribution in [-0.4, -0.2) is 42.5 Å². The highest BCUT2D eigenvalue weighted by Crippen LogP contribution is 2.26. The fraction of sp³-hybridized carbons (Fsp3) is 0.875. The molecule has 0 spiro atoms. The van der Waals surface area contributed by atoms with E-state index in [-0.39, 0.29) is 24.5 Å². The van der Waals surface area contributed by atoms with E-state index in [1.54, 1.807) is 0 Å². The molecule has 0 unspecified atom stereocenters. The van der Waals surface area contributed by atoms with Gasteiger partial charge in [-0.05, 0) is 37.5 Å². The molecule has 1 heterocycles. The Labute approximate surface area is 127 Å². The summed E-state index contributed by atoms with van der Waals surface area (Å²) in [5.41, 5.74) is 5.22. The number of hydrogen-bond acceptors (Lipinski definition) is 3. The molecule has 1 saturated heterocycles. The van der Waals surface area contributed by atoms with Gasteiger partial charge >= 0.3 is 0 Å². The Hall–Kier alpha value is -1.10. The number of hydrogen-bond donors (Lipinski definition) is 1. The molecule has 5 heteroatoms. The van der Waals surface area contributed by atoms with Gasteiger partial charge in [0.2, 0.25) is 11.8 Å². The summed E-state index contributed by atoms with van der Waals surface area (Å²) in [7, 11) is 0. The molecule has 2 aliphatic rings. The minimum absolute atomic E-state index is 0.0882. The van der Waals surface area contributed by atoms with Crippen LogP contribution in [0.2, 0.25) is 0 Å². The largest absolute Gasteiger partial charge is 0.370 e.